The molecule has 2 aromatic heterocycles. The zero-order valence-electron chi connectivity index (χ0n) is 18.2. The van der Waals surface area contributed by atoms with Crippen molar-refractivity contribution >= 4 is 22.7 Å². The van der Waals surface area contributed by atoms with Crippen molar-refractivity contribution in [3.63, 3.8) is 0 Å². The lowest BCUT2D eigenvalue weighted by molar-refractivity contribution is -0.0279. The third kappa shape index (κ3) is 4.00. The summed E-state index contributed by atoms with van der Waals surface area (Å²) in [6.45, 7) is 8.46. The maximum atomic E-state index is 14.0. The Labute approximate surface area is 184 Å². The lowest BCUT2D eigenvalue weighted by Gasteiger charge is -2.39. The van der Waals surface area contributed by atoms with E-state index in [-0.39, 0.29) is 17.4 Å². The van der Waals surface area contributed by atoms with E-state index >= 15 is 0 Å². The van der Waals surface area contributed by atoms with Gasteiger partial charge in [0.1, 0.15) is 11.6 Å². The third-order valence-corrected chi connectivity index (χ3v) is 5.75. The summed E-state index contributed by atoms with van der Waals surface area (Å²) >= 11 is 0. The molecule has 0 atom stereocenters. The Morgan fingerprint density at radius 3 is 2.34 bits per heavy atom. The number of ether oxygens (including phenoxy) is 2. The van der Waals surface area contributed by atoms with E-state index in [0.29, 0.717) is 68.7 Å². The number of hydrogen-bond acceptors (Lipinski definition) is 7. The van der Waals surface area contributed by atoms with E-state index in [4.69, 9.17) is 19.4 Å². The lowest BCUT2D eigenvalue weighted by atomic mass is 10.1. The number of hydrogen-bond donors (Lipinski definition) is 0. The van der Waals surface area contributed by atoms with E-state index in [9.17, 15) is 8.78 Å². The van der Waals surface area contributed by atoms with Gasteiger partial charge < -0.3 is 19.3 Å². The van der Waals surface area contributed by atoms with Gasteiger partial charge in [-0.3, -0.25) is 4.57 Å². The molecule has 2 aliphatic rings. The van der Waals surface area contributed by atoms with Crippen molar-refractivity contribution in [2.24, 2.45) is 0 Å². The number of rotatable bonds is 4. The minimum atomic E-state index is -2.76. The van der Waals surface area contributed by atoms with Crippen molar-refractivity contribution in [1.29, 1.82) is 0 Å². The molecule has 2 fully saturated rings. The largest absolute Gasteiger partial charge is 0.378 e. The summed E-state index contributed by atoms with van der Waals surface area (Å²) in [7, 11) is 0. The van der Waals surface area contributed by atoms with E-state index in [0.717, 1.165) is 0 Å². The SMILES string of the molecule is CC1(C)CN(c2cc(N3CCOCC3)nc(-n3c(C(F)F)nc4ccccc43)n2)CCO1. The van der Waals surface area contributed by atoms with Gasteiger partial charge in [0.05, 0.1) is 36.5 Å². The molecule has 0 spiro atoms. The summed E-state index contributed by atoms with van der Waals surface area (Å²) in [5, 5.41) is 0. The molecular weight excluding hydrogens is 418 g/mol. The second-order valence-electron chi connectivity index (χ2n) is 8.61. The second-order valence-corrected chi connectivity index (χ2v) is 8.61. The third-order valence-electron chi connectivity index (χ3n) is 5.75. The van der Waals surface area contributed by atoms with E-state index in [1.165, 1.54) is 4.57 Å². The molecule has 0 radical (unpaired) electrons. The Morgan fingerprint density at radius 1 is 0.938 bits per heavy atom. The highest BCUT2D eigenvalue weighted by Gasteiger charge is 2.30. The van der Waals surface area contributed by atoms with E-state index < -0.39 is 6.43 Å². The average Bonchev–Trinajstić information content (AvgIpc) is 3.19. The molecule has 32 heavy (non-hydrogen) atoms. The van der Waals surface area contributed by atoms with Crippen LogP contribution in [0.15, 0.2) is 30.3 Å². The Hall–Kier alpha value is -2.85. The molecule has 0 saturated carbocycles. The monoisotopic (exact) mass is 444 g/mol. The van der Waals surface area contributed by atoms with Gasteiger partial charge in [-0.15, -0.1) is 0 Å². The van der Waals surface area contributed by atoms with Crippen molar-refractivity contribution in [2.75, 3.05) is 55.8 Å². The van der Waals surface area contributed by atoms with Crippen molar-refractivity contribution in [3.8, 4) is 5.95 Å². The number of morpholine rings is 2. The molecule has 0 N–H and O–H groups in total. The van der Waals surface area contributed by atoms with Crippen LogP contribution >= 0.6 is 0 Å². The summed E-state index contributed by atoms with van der Waals surface area (Å²) in [4.78, 5) is 17.8. The summed E-state index contributed by atoms with van der Waals surface area (Å²) in [5.74, 6) is 1.21. The lowest BCUT2D eigenvalue weighted by Crippen LogP contribution is -2.48. The quantitative estimate of drug-likeness (QED) is 0.612. The summed E-state index contributed by atoms with van der Waals surface area (Å²) in [6, 6.07) is 8.98. The number of para-hydroxylation sites is 2. The van der Waals surface area contributed by atoms with Crippen molar-refractivity contribution in [3.05, 3.63) is 36.2 Å². The summed E-state index contributed by atoms with van der Waals surface area (Å²) < 4.78 is 40.6. The fourth-order valence-corrected chi connectivity index (χ4v) is 4.24. The van der Waals surface area contributed by atoms with Crippen LogP contribution in [0.2, 0.25) is 0 Å². The van der Waals surface area contributed by atoms with Gasteiger partial charge in [0.15, 0.2) is 5.82 Å². The fraction of sp³-hybridized carbons (Fsp3) is 0.500. The molecule has 170 valence electrons. The van der Waals surface area contributed by atoms with Gasteiger partial charge in [-0.2, -0.15) is 9.97 Å². The van der Waals surface area contributed by atoms with Crippen molar-refractivity contribution in [2.45, 2.75) is 25.9 Å². The molecule has 2 aliphatic heterocycles. The number of nitrogens with zero attached hydrogens (tertiary/aromatic N) is 6. The van der Waals surface area contributed by atoms with Crippen LogP contribution in [-0.2, 0) is 9.47 Å². The van der Waals surface area contributed by atoms with Crippen molar-refractivity contribution in [1.82, 2.24) is 19.5 Å². The Kier molecular flexibility index (Phi) is 5.42. The average molecular weight is 444 g/mol. The number of anilines is 2. The molecular formula is C22H26F2N6O2. The maximum Gasteiger partial charge on any atom is 0.296 e. The summed E-state index contributed by atoms with van der Waals surface area (Å²) in [5.41, 5.74) is 0.700. The number of halogens is 2. The van der Waals surface area contributed by atoms with Gasteiger partial charge >= 0.3 is 0 Å². The molecule has 0 unspecified atom stereocenters. The van der Waals surface area contributed by atoms with Crippen LogP contribution in [-0.4, -0.2) is 71.1 Å². The van der Waals surface area contributed by atoms with Crippen LogP contribution in [0.25, 0.3) is 17.0 Å². The number of imidazole rings is 1. The maximum absolute atomic E-state index is 14.0. The van der Waals surface area contributed by atoms with Gasteiger partial charge in [0.25, 0.3) is 6.43 Å². The standard InChI is InChI=1S/C22H26F2N6O2/c1-22(2)14-29(9-12-32-22)18-13-17(28-7-10-31-11-8-28)26-21(27-18)30-16-6-4-3-5-15(16)25-20(30)19(23)24/h3-6,13,19H,7-12,14H2,1-2H3. The Balaban J connectivity index is 1.67. The molecule has 8 nitrogen and oxygen atoms in total. The van der Waals surface area contributed by atoms with Crippen LogP contribution in [0.4, 0.5) is 20.4 Å². The smallest absolute Gasteiger partial charge is 0.296 e. The molecule has 4 heterocycles. The van der Waals surface area contributed by atoms with Gasteiger partial charge in [-0.25, -0.2) is 13.8 Å². The van der Waals surface area contributed by atoms with Gasteiger partial charge in [0, 0.05) is 32.2 Å². The molecule has 0 aliphatic carbocycles. The minimum absolute atomic E-state index is 0.192. The molecule has 1 aromatic carbocycles. The van der Waals surface area contributed by atoms with Gasteiger partial charge in [-0.05, 0) is 26.0 Å². The molecule has 0 amide bonds. The van der Waals surface area contributed by atoms with Gasteiger partial charge in [0.2, 0.25) is 5.95 Å². The first-order valence-corrected chi connectivity index (χ1v) is 10.8. The zero-order chi connectivity index (χ0) is 22.3. The van der Waals surface area contributed by atoms with Crippen LogP contribution in [0.1, 0.15) is 26.1 Å². The van der Waals surface area contributed by atoms with E-state index in [1.54, 1.807) is 24.3 Å². The van der Waals surface area contributed by atoms with Gasteiger partial charge in [-0.1, -0.05) is 12.1 Å². The summed E-state index contributed by atoms with van der Waals surface area (Å²) in [6.07, 6.45) is -2.76. The van der Waals surface area contributed by atoms with Crippen molar-refractivity contribution < 1.29 is 18.3 Å². The first-order valence-electron chi connectivity index (χ1n) is 10.8. The number of aromatic nitrogens is 4. The first kappa shape index (κ1) is 21.0. The fourth-order valence-electron chi connectivity index (χ4n) is 4.24. The Bertz CT molecular complexity index is 1110. The Morgan fingerprint density at radius 2 is 1.62 bits per heavy atom. The van der Waals surface area contributed by atoms with Crippen LogP contribution in [0.3, 0.4) is 0 Å². The number of alkyl halides is 2. The van der Waals surface area contributed by atoms with Crippen LogP contribution < -0.4 is 9.80 Å². The van der Waals surface area contributed by atoms with Crippen LogP contribution in [0, 0.1) is 0 Å². The number of benzene rings is 1. The second kappa shape index (κ2) is 8.25. The molecule has 10 heteroatoms. The van der Waals surface area contributed by atoms with E-state index in [2.05, 4.69) is 14.8 Å². The zero-order valence-corrected chi connectivity index (χ0v) is 18.2. The minimum Gasteiger partial charge on any atom is -0.378 e. The van der Waals surface area contributed by atoms with E-state index in [1.807, 2.05) is 19.9 Å². The normalized spacial score (nSPS) is 19.2. The molecule has 2 saturated heterocycles. The molecule has 3 aromatic rings. The molecule has 0 bridgehead atoms. The number of fused-ring (bicyclic) bond motifs is 1. The highest BCUT2D eigenvalue weighted by molar-refractivity contribution is 5.78. The highest BCUT2D eigenvalue weighted by atomic mass is 19.3. The predicted molar refractivity (Wildman–Crippen MR) is 117 cm³/mol. The first-order chi connectivity index (χ1) is 15.4. The predicted octanol–water partition coefficient (Wildman–Crippen LogP) is 3.20. The topological polar surface area (TPSA) is 68.5 Å². The molecule has 5 rings (SSSR count). The highest BCUT2D eigenvalue weighted by Crippen LogP contribution is 2.30. The van der Waals surface area contributed by atoms with Crippen LogP contribution in [0.5, 0.6) is 0 Å².